The van der Waals surface area contributed by atoms with Gasteiger partial charge < -0.3 is 15.0 Å². The molecule has 0 aromatic rings. The second-order valence-electron chi connectivity index (χ2n) is 8.86. The summed E-state index contributed by atoms with van der Waals surface area (Å²) in [6.45, 7) is 4.49. The Morgan fingerprint density at radius 1 is 1.12 bits per heavy atom. The average molecular weight is 364 g/mol. The molecule has 4 aliphatic rings. The molecule has 1 atom stereocenters. The zero-order valence-corrected chi connectivity index (χ0v) is 16.3. The molecular weight excluding hydrogens is 332 g/mol. The van der Waals surface area contributed by atoms with Crippen LogP contribution in [0.4, 0.5) is 0 Å². The standard InChI is InChI=1S/C20H32N2O4/c1-13(18(24)26-3)12-22(5-4-21-14(2)23)19(25)20-9-15-6-16(10-20)8-17(7-15)11-20/h13,15-17H,4-12H2,1-3H3,(H,21,23). The largest absolute Gasteiger partial charge is 0.469 e. The maximum Gasteiger partial charge on any atom is 0.310 e. The average Bonchev–Trinajstić information content (AvgIpc) is 2.57. The van der Waals surface area contributed by atoms with E-state index in [1.807, 2.05) is 4.90 Å². The molecule has 0 aliphatic heterocycles. The molecule has 4 saturated carbocycles. The summed E-state index contributed by atoms with van der Waals surface area (Å²) in [5.74, 6) is 1.51. The fourth-order valence-corrected chi connectivity index (χ4v) is 5.96. The van der Waals surface area contributed by atoms with Crippen LogP contribution in [0, 0.1) is 29.1 Å². The Morgan fingerprint density at radius 2 is 1.65 bits per heavy atom. The maximum absolute atomic E-state index is 13.6. The summed E-state index contributed by atoms with van der Waals surface area (Å²) < 4.78 is 4.84. The van der Waals surface area contributed by atoms with Gasteiger partial charge in [0.05, 0.1) is 18.4 Å². The van der Waals surface area contributed by atoms with Crippen molar-refractivity contribution in [2.75, 3.05) is 26.7 Å². The van der Waals surface area contributed by atoms with Gasteiger partial charge in [-0.3, -0.25) is 14.4 Å². The number of methoxy groups -OCH3 is 1. The van der Waals surface area contributed by atoms with Crippen molar-refractivity contribution in [3.05, 3.63) is 0 Å². The SMILES string of the molecule is COC(=O)C(C)CN(CCNC(C)=O)C(=O)C12CC3CC(CC(C3)C1)C2. The van der Waals surface area contributed by atoms with Crippen molar-refractivity contribution >= 4 is 17.8 Å². The molecule has 26 heavy (non-hydrogen) atoms. The predicted molar refractivity (Wildman–Crippen MR) is 97.0 cm³/mol. The molecule has 6 nitrogen and oxygen atoms in total. The summed E-state index contributed by atoms with van der Waals surface area (Å²) in [4.78, 5) is 38.5. The van der Waals surface area contributed by atoms with Gasteiger partial charge in [-0.1, -0.05) is 6.92 Å². The molecule has 0 radical (unpaired) electrons. The zero-order valence-electron chi connectivity index (χ0n) is 16.3. The summed E-state index contributed by atoms with van der Waals surface area (Å²) in [7, 11) is 1.38. The van der Waals surface area contributed by atoms with Gasteiger partial charge in [-0.15, -0.1) is 0 Å². The van der Waals surface area contributed by atoms with E-state index in [2.05, 4.69) is 5.32 Å². The number of nitrogens with zero attached hydrogens (tertiary/aromatic N) is 1. The molecule has 146 valence electrons. The van der Waals surface area contributed by atoms with Crippen molar-refractivity contribution in [1.29, 1.82) is 0 Å². The normalized spacial score (nSPS) is 32.8. The van der Waals surface area contributed by atoms with Crippen LogP contribution >= 0.6 is 0 Å². The lowest BCUT2D eigenvalue weighted by Gasteiger charge is -2.56. The van der Waals surface area contributed by atoms with E-state index in [1.165, 1.54) is 33.3 Å². The molecule has 4 rings (SSSR count). The Hall–Kier alpha value is -1.59. The van der Waals surface area contributed by atoms with Gasteiger partial charge in [0.1, 0.15) is 0 Å². The quantitative estimate of drug-likeness (QED) is 0.701. The molecule has 1 unspecified atom stereocenters. The molecule has 0 aromatic carbocycles. The van der Waals surface area contributed by atoms with Gasteiger partial charge in [-0.05, 0) is 56.3 Å². The molecule has 0 spiro atoms. The van der Waals surface area contributed by atoms with Crippen LogP contribution in [0.3, 0.4) is 0 Å². The summed E-state index contributed by atoms with van der Waals surface area (Å²) in [6, 6.07) is 0. The smallest absolute Gasteiger partial charge is 0.310 e. The summed E-state index contributed by atoms with van der Waals surface area (Å²) in [6.07, 6.45) is 6.87. The number of ether oxygens (including phenoxy) is 1. The van der Waals surface area contributed by atoms with Crippen LogP contribution in [0.25, 0.3) is 0 Å². The number of hydrogen-bond donors (Lipinski definition) is 1. The van der Waals surface area contributed by atoms with Gasteiger partial charge in [0.25, 0.3) is 0 Å². The molecule has 0 heterocycles. The summed E-state index contributed by atoms with van der Waals surface area (Å²) in [5, 5.41) is 2.77. The van der Waals surface area contributed by atoms with Crippen LogP contribution < -0.4 is 5.32 Å². The van der Waals surface area contributed by atoms with Gasteiger partial charge in [0.15, 0.2) is 0 Å². The fraction of sp³-hybridized carbons (Fsp3) is 0.850. The minimum Gasteiger partial charge on any atom is -0.469 e. The second-order valence-corrected chi connectivity index (χ2v) is 8.86. The third-order valence-electron chi connectivity index (χ3n) is 6.63. The first-order valence-electron chi connectivity index (χ1n) is 9.94. The van der Waals surface area contributed by atoms with E-state index in [1.54, 1.807) is 6.92 Å². The highest BCUT2D eigenvalue weighted by Crippen LogP contribution is 2.60. The van der Waals surface area contributed by atoms with Crippen molar-refractivity contribution in [3.8, 4) is 0 Å². The number of carbonyl (C=O) groups excluding carboxylic acids is 3. The van der Waals surface area contributed by atoms with Crippen LogP contribution in [0.15, 0.2) is 0 Å². The molecule has 1 N–H and O–H groups in total. The van der Waals surface area contributed by atoms with Crippen LogP contribution in [-0.4, -0.2) is 49.4 Å². The first-order chi connectivity index (χ1) is 12.3. The van der Waals surface area contributed by atoms with Crippen molar-refractivity contribution < 1.29 is 19.1 Å². The van der Waals surface area contributed by atoms with Crippen molar-refractivity contribution in [2.24, 2.45) is 29.1 Å². The zero-order chi connectivity index (χ0) is 18.9. The van der Waals surface area contributed by atoms with E-state index in [9.17, 15) is 14.4 Å². The summed E-state index contributed by atoms with van der Waals surface area (Å²) >= 11 is 0. The van der Waals surface area contributed by atoms with Crippen LogP contribution in [0.1, 0.15) is 52.4 Å². The Bertz CT molecular complexity index is 539. The molecule has 2 amide bonds. The summed E-state index contributed by atoms with van der Waals surface area (Å²) in [5.41, 5.74) is -0.235. The minimum absolute atomic E-state index is 0.104. The number of hydrogen-bond acceptors (Lipinski definition) is 4. The lowest BCUT2D eigenvalue weighted by Crippen LogP contribution is -2.56. The third-order valence-corrected chi connectivity index (χ3v) is 6.63. The molecule has 4 fully saturated rings. The molecule has 4 bridgehead atoms. The van der Waals surface area contributed by atoms with Gasteiger partial charge >= 0.3 is 5.97 Å². The van der Waals surface area contributed by atoms with Gasteiger partial charge in [0.2, 0.25) is 11.8 Å². The Balaban J connectivity index is 1.73. The van der Waals surface area contributed by atoms with E-state index >= 15 is 0 Å². The highest BCUT2D eigenvalue weighted by molar-refractivity contribution is 5.84. The van der Waals surface area contributed by atoms with Gasteiger partial charge in [-0.2, -0.15) is 0 Å². The van der Waals surface area contributed by atoms with Crippen molar-refractivity contribution in [1.82, 2.24) is 10.2 Å². The lowest BCUT2D eigenvalue weighted by atomic mass is 9.49. The second kappa shape index (κ2) is 7.57. The monoisotopic (exact) mass is 364 g/mol. The first kappa shape index (κ1) is 19.2. The first-order valence-corrected chi connectivity index (χ1v) is 9.94. The molecule has 6 heteroatoms. The van der Waals surface area contributed by atoms with E-state index in [0.29, 0.717) is 37.4 Å². The van der Waals surface area contributed by atoms with E-state index in [-0.39, 0.29) is 29.1 Å². The molecule has 0 aromatic heterocycles. The molecular formula is C20H32N2O4. The number of rotatable bonds is 7. The van der Waals surface area contributed by atoms with Crippen LogP contribution in [0.2, 0.25) is 0 Å². The molecule has 4 aliphatic carbocycles. The number of carbonyl (C=O) groups is 3. The van der Waals surface area contributed by atoms with E-state index in [4.69, 9.17) is 4.74 Å². The Kier molecular flexibility index (Phi) is 5.58. The topological polar surface area (TPSA) is 75.7 Å². The van der Waals surface area contributed by atoms with Gasteiger partial charge in [0, 0.05) is 26.6 Å². The van der Waals surface area contributed by atoms with Gasteiger partial charge in [-0.25, -0.2) is 0 Å². The van der Waals surface area contributed by atoms with E-state index in [0.717, 1.165) is 19.3 Å². The van der Waals surface area contributed by atoms with Crippen molar-refractivity contribution in [2.45, 2.75) is 52.4 Å². The van der Waals surface area contributed by atoms with Crippen molar-refractivity contribution in [3.63, 3.8) is 0 Å². The number of esters is 1. The van der Waals surface area contributed by atoms with Crippen LogP contribution in [-0.2, 0) is 19.1 Å². The number of amides is 2. The molecule has 0 saturated heterocycles. The highest BCUT2D eigenvalue weighted by Gasteiger charge is 2.55. The van der Waals surface area contributed by atoms with Crippen LogP contribution in [0.5, 0.6) is 0 Å². The minimum atomic E-state index is -0.366. The Labute approximate surface area is 156 Å². The predicted octanol–water partition coefficient (Wildman–Crippen LogP) is 1.98. The maximum atomic E-state index is 13.6. The number of nitrogens with one attached hydrogen (secondary N) is 1. The Morgan fingerprint density at radius 3 is 2.12 bits per heavy atom. The third kappa shape index (κ3) is 3.89. The lowest BCUT2D eigenvalue weighted by molar-refractivity contribution is -0.159. The fourth-order valence-electron chi connectivity index (χ4n) is 5.96. The highest BCUT2D eigenvalue weighted by atomic mass is 16.5. The van der Waals surface area contributed by atoms with E-state index < -0.39 is 0 Å².